The van der Waals surface area contributed by atoms with E-state index < -0.39 is 0 Å². The largest absolute Gasteiger partial charge is 0.483 e. The van der Waals surface area contributed by atoms with Crippen molar-refractivity contribution in [3.63, 3.8) is 0 Å². The third-order valence-electron chi connectivity index (χ3n) is 6.28. The van der Waals surface area contributed by atoms with Crippen molar-refractivity contribution in [3.05, 3.63) is 69.3 Å². The summed E-state index contributed by atoms with van der Waals surface area (Å²) < 4.78 is 11.5. The van der Waals surface area contributed by atoms with Crippen molar-refractivity contribution in [1.29, 1.82) is 0 Å². The van der Waals surface area contributed by atoms with Crippen molar-refractivity contribution < 1.29 is 13.9 Å². The molecule has 2 aliphatic rings. The lowest BCUT2D eigenvalue weighted by Gasteiger charge is -2.38. The molecule has 0 N–H and O–H groups in total. The molecular formula is C24H24N2O4. The Morgan fingerprint density at radius 2 is 1.97 bits per heavy atom. The van der Waals surface area contributed by atoms with E-state index in [1.165, 1.54) is 0 Å². The molecule has 1 aliphatic heterocycles. The van der Waals surface area contributed by atoms with Crippen LogP contribution in [0.5, 0.6) is 5.75 Å². The number of amides is 1. The van der Waals surface area contributed by atoms with Gasteiger partial charge in [0.2, 0.25) is 0 Å². The fourth-order valence-electron chi connectivity index (χ4n) is 4.50. The van der Waals surface area contributed by atoms with Crippen LogP contribution in [0.4, 0.5) is 0 Å². The Balaban J connectivity index is 1.29. The Bertz CT molecular complexity index is 1160. The average molecular weight is 404 g/mol. The van der Waals surface area contributed by atoms with Crippen molar-refractivity contribution in [1.82, 2.24) is 9.88 Å². The monoisotopic (exact) mass is 404 g/mol. The van der Waals surface area contributed by atoms with Crippen LogP contribution in [0.2, 0.25) is 0 Å². The summed E-state index contributed by atoms with van der Waals surface area (Å²) >= 11 is 0. The van der Waals surface area contributed by atoms with E-state index in [9.17, 15) is 9.59 Å². The molecule has 0 radical (unpaired) electrons. The summed E-state index contributed by atoms with van der Waals surface area (Å²) in [6.45, 7) is 3.17. The van der Waals surface area contributed by atoms with Crippen molar-refractivity contribution in [2.75, 3.05) is 19.7 Å². The zero-order valence-corrected chi connectivity index (χ0v) is 17.0. The van der Waals surface area contributed by atoms with Gasteiger partial charge in [-0.2, -0.15) is 0 Å². The highest BCUT2D eigenvalue weighted by molar-refractivity contribution is 5.86. The first-order chi connectivity index (χ1) is 14.6. The highest BCUT2D eigenvalue weighted by Gasteiger charge is 2.32. The van der Waals surface area contributed by atoms with Gasteiger partial charge in [0.1, 0.15) is 11.3 Å². The molecule has 6 nitrogen and oxygen atoms in total. The van der Waals surface area contributed by atoms with Gasteiger partial charge in [-0.1, -0.05) is 6.07 Å². The van der Waals surface area contributed by atoms with Crippen LogP contribution in [-0.4, -0.2) is 35.5 Å². The molecule has 154 valence electrons. The molecule has 0 spiro atoms. The number of fused-ring (bicyclic) bond motifs is 3. The molecule has 1 fully saturated rings. The second kappa shape index (κ2) is 7.59. The van der Waals surface area contributed by atoms with Gasteiger partial charge in [0.05, 0.1) is 0 Å². The Morgan fingerprint density at radius 3 is 2.73 bits per heavy atom. The van der Waals surface area contributed by atoms with Gasteiger partial charge in [0.15, 0.2) is 6.61 Å². The molecule has 6 heteroatoms. The standard InChI is InChI=1S/C24H24N2O4/c1-15-21(10-9-18-17-6-2-3-7-19(17)24(28)30-23(15)18)29-14-22(27)26-12-16(13-26)20-8-4-5-11-25-20/h4-5,8-11,16H,2-3,6-7,12-14H2,1H3. The average Bonchev–Trinajstić information content (AvgIpc) is 2.74. The van der Waals surface area contributed by atoms with Crippen molar-refractivity contribution in [3.8, 4) is 5.75 Å². The number of rotatable bonds is 4. The lowest BCUT2D eigenvalue weighted by molar-refractivity contribution is -0.137. The van der Waals surface area contributed by atoms with Gasteiger partial charge in [-0.15, -0.1) is 0 Å². The van der Waals surface area contributed by atoms with Crippen LogP contribution in [0.3, 0.4) is 0 Å². The van der Waals surface area contributed by atoms with Gasteiger partial charge in [-0.25, -0.2) is 4.79 Å². The van der Waals surface area contributed by atoms with E-state index in [2.05, 4.69) is 4.98 Å². The van der Waals surface area contributed by atoms with Gasteiger partial charge >= 0.3 is 5.63 Å². The van der Waals surface area contributed by atoms with Crippen LogP contribution in [0.15, 0.2) is 45.7 Å². The maximum absolute atomic E-state index is 12.5. The Labute approximate surface area is 174 Å². The van der Waals surface area contributed by atoms with Crippen LogP contribution in [0, 0.1) is 6.92 Å². The van der Waals surface area contributed by atoms with E-state index in [1.807, 2.05) is 37.3 Å². The minimum absolute atomic E-state index is 0.0313. The molecule has 1 aromatic carbocycles. The number of aromatic nitrogens is 1. The molecule has 0 atom stereocenters. The van der Waals surface area contributed by atoms with Gasteiger partial charge in [0, 0.05) is 47.4 Å². The number of ether oxygens (including phenoxy) is 1. The van der Waals surface area contributed by atoms with Crippen LogP contribution < -0.4 is 10.4 Å². The van der Waals surface area contributed by atoms with E-state index in [4.69, 9.17) is 9.15 Å². The summed E-state index contributed by atoms with van der Waals surface area (Å²) in [4.78, 5) is 31.1. The summed E-state index contributed by atoms with van der Waals surface area (Å²) in [5.74, 6) is 0.822. The van der Waals surface area contributed by atoms with Gasteiger partial charge in [-0.05, 0) is 62.4 Å². The van der Waals surface area contributed by atoms with E-state index >= 15 is 0 Å². The van der Waals surface area contributed by atoms with E-state index in [-0.39, 0.29) is 24.1 Å². The van der Waals surface area contributed by atoms with Crippen LogP contribution in [0.1, 0.15) is 41.1 Å². The normalized spacial score (nSPS) is 16.2. The molecular weight excluding hydrogens is 380 g/mol. The predicted molar refractivity (Wildman–Crippen MR) is 113 cm³/mol. The number of likely N-dealkylation sites (tertiary alicyclic amines) is 1. The summed E-state index contributed by atoms with van der Waals surface area (Å²) in [5.41, 5.74) is 4.04. The van der Waals surface area contributed by atoms with Crippen LogP contribution in [-0.2, 0) is 17.6 Å². The number of nitrogens with zero attached hydrogens (tertiary/aromatic N) is 2. The number of hydrogen-bond donors (Lipinski definition) is 0. The highest BCUT2D eigenvalue weighted by Crippen LogP contribution is 2.33. The fraction of sp³-hybridized carbons (Fsp3) is 0.375. The fourth-order valence-corrected chi connectivity index (χ4v) is 4.50. The zero-order chi connectivity index (χ0) is 20.7. The smallest absolute Gasteiger partial charge is 0.339 e. The number of carbonyl (C=O) groups excluding carboxylic acids is 1. The van der Waals surface area contributed by atoms with Crippen molar-refractivity contribution in [2.45, 2.75) is 38.5 Å². The summed E-state index contributed by atoms with van der Waals surface area (Å²) in [6, 6.07) is 9.69. The first-order valence-electron chi connectivity index (χ1n) is 10.5. The number of benzene rings is 1. The summed E-state index contributed by atoms with van der Waals surface area (Å²) in [7, 11) is 0. The van der Waals surface area contributed by atoms with Crippen molar-refractivity contribution >= 4 is 16.9 Å². The van der Waals surface area contributed by atoms with Crippen LogP contribution >= 0.6 is 0 Å². The quantitative estimate of drug-likeness (QED) is 0.624. The zero-order valence-electron chi connectivity index (χ0n) is 17.0. The lowest BCUT2D eigenvalue weighted by atomic mass is 9.90. The molecule has 0 bridgehead atoms. The van der Waals surface area contributed by atoms with E-state index in [0.717, 1.165) is 53.5 Å². The SMILES string of the molecule is Cc1c(OCC(=O)N2CC(c3ccccn3)C2)ccc2c3c(c(=O)oc12)CCCC3. The highest BCUT2D eigenvalue weighted by atomic mass is 16.5. The van der Waals surface area contributed by atoms with Gasteiger partial charge in [-0.3, -0.25) is 9.78 Å². The maximum atomic E-state index is 12.5. The molecule has 1 aliphatic carbocycles. The Hall–Kier alpha value is -3.15. The lowest BCUT2D eigenvalue weighted by Crippen LogP contribution is -2.50. The number of hydrogen-bond acceptors (Lipinski definition) is 5. The van der Waals surface area contributed by atoms with E-state index in [0.29, 0.717) is 24.4 Å². The van der Waals surface area contributed by atoms with Gasteiger partial charge in [0.25, 0.3) is 5.91 Å². The summed E-state index contributed by atoms with van der Waals surface area (Å²) in [5, 5.41) is 0.987. The molecule has 0 unspecified atom stereocenters. The summed E-state index contributed by atoms with van der Waals surface area (Å²) in [6.07, 6.45) is 5.59. The second-order valence-electron chi connectivity index (χ2n) is 8.16. The molecule has 2 aromatic heterocycles. The molecule has 0 saturated carbocycles. The molecule has 5 rings (SSSR count). The first kappa shape index (κ1) is 18.9. The predicted octanol–water partition coefficient (Wildman–Crippen LogP) is 3.38. The van der Waals surface area contributed by atoms with E-state index in [1.54, 1.807) is 11.1 Å². The minimum atomic E-state index is -0.241. The third kappa shape index (κ3) is 3.26. The van der Waals surface area contributed by atoms with Crippen molar-refractivity contribution in [2.24, 2.45) is 0 Å². The molecule has 1 saturated heterocycles. The maximum Gasteiger partial charge on any atom is 0.339 e. The topological polar surface area (TPSA) is 72.6 Å². The Kier molecular flexibility index (Phi) is 4.77. The molecule has 30 heavy (non-hydrogen) atoms. The third-order valence-corrected chi connectivity index (χ3v) is 6.28. The molecule has 3 aromatic rings. The van der Waals surface area contributed by atoms with Crippen LogP contribution in [0.25, 0.3) is 11.0 Å². The number of pyridine rings is 1. The molecule has 3 heterocycles. The number of carbonyl (C=O) groups is 1. The minimum Gasteiger partial charge on any atom is -0.483 e. The second-order valence-corrected chi connectivity index (χ2v) is 8.16. The number of aryl methyl sites for hydroxylation is 2. The first-order valence-corrected chi connectivity index (χ1v) is 10.5. The Morgan fingerprint density at radius 1 is 1.17 bits per heavy atom. The van der Waals surface area contributed by atoms with Gasteiger partial charge < -0.3 is 14.1 Å². The molecule has 1 amide bonds.